The Morgan fingerprint density at radius 2 is 1.84 bits per heavy atom. The first-order valence-corrected chi connectivity index (χ1v) is 6.99. The third-order valence-corrected chi connectivity index (χ3v) is 3.77. The molecular weight excluding hydrogens is 305 g/mol. The number of anilines is 1. The van der Waals surface area contributed by atoms with Gasteiger partial charge < -0.3 is 4.90 Å². The summed E-state index contributed by atoms with van der Waals surface area (Å²) in [5.74, 6) is -0.224. The predicted octanol–water partition coefficient (Wildman–Crippen LogP) is 4.84. The van der Waals surface area contributed by atoms with E-state index < -0.39 is 0 Å². The SMILES string of the molecule is Cc1ccc(N(C)Cc2ccc(F)c(Br)c2)c(C)c1. The number of nitrogens with zero attached hydrogens (tertiary/aromatic N) is 1. The number of benzene rings is 2. The quantitative estimate of drug-likeness (QED) is 0.781. The number of hydrogen-bond acceptors (Lipinski definition) is 1. The Morgan fingerprint density at radius 3 is 2.47 bits per heavy atom. The topological polar surface area (TPSA) is 3.24 Å². The maximum atomic E-state index is 13.2. The van der Waals surface area contributed by atoms with Gasteiger partial charge in [-0.3, -0.25) is 0 Å². The van der Waals surface area contributed by atoms with E-state index in [0.29, 0.717) is 4.47 Å². The van der Waals surface area contributed by atoms with Crippen molar-refractivity contribution in [2.75, 3.05) is 11.9 Å². The highest BCUT2D eigenvalue weighted by Gasteiger charge is 2.07. The van der Waals surface area contributed by atoms with Gasteiger partial charge >= 0.3 is 0 Å². The number of rotatable bonds is 3. The van der Waals surface area contributed by atoms with Crippen LogP contribution in [-0.2, 0) is 6.54 Å². The highest BCUT2D eigenvalue weighted by molar-refractivity contribution is 9.10. The van der Waals surface area contributed by atoms with Crippen LogP contribution in [-0.4, -0.2) is 7.05 Å². The lowest BCUT2D eigenvalue weighted by atomic mass is 10.1. The molecule has 0 aliphatic carbocycles. The summed E-state index contributed by atoms with van der Waals surface area (Å²) in [4.78, 5) is 2.18. The van der Waals surface area contributed by atoms with Crippen molar-refractivity contribution >= 4 is 21.6 Å². The van der Waals surface area contributed by atoms with Gasteiger partial charge in [-0.15, -0.1) is 0 Å². The average molecular weight is 322 g/mol. The third kappa shape index (κ3) is 3.35. The Morgan fingerprint density at radius 1 is 1.11 bits per heavy atom. The van der Waals surface area contributed by atoms with Crippen molar-refractivity contribution in [1.29, 1.82) is 0 Å². The lowest BCUT2D eigenvalue weighted by Gasteiger charge is -2.22. The summed E-state index contributed by atoms with van der Waals surface area (Å²) in [6.07, 6.45) is 0. The van der Waals surface area contributed by atoms with E-state index in [2.05, 4.69) is 59.9 Å². The van der Waals surface area contributed by atoms with Gasteiger partial charge in [0.05, 0.1) is 4.47 Å². The summed E-state index contributed by atoms with van der Waals surface area (Å²) in [6, 6.07) is 11.6. The minimum absolute atomic E-state index is 0.224. The molecule has 1 nitrogen and oxygen atoms in total. The van der Waals surface area contributed by atoms with E-state index in [1.54, 1.807) is 0 Å². The lowest BCUT2D eigenvalue weighted by molar-refractivity contribution is 0.620. The lowest BCUT2D eigenvalue weighted by Crippen LogP contribution is -2.17. The minimum atomic E-state index is -0.224. The summed E-state index contributed by atoms with van der Waals surface area (Å²) >= 11 is 3.22. The summed E-state index contributed by atoms with van der Waals surface area (Å²) in [6.45, 7) is 4.95. The van der Waals surface area contributed by atoms with Gasteiger partial charge in [0, 0.05) is 19.3 Å². The molecule has 0 aliphatic rings. The molecule has 3 heteroatoms. The summed E-state index contributed by atoms with van der Waals surface area (Å²) < 4.78 is 13.7. The molecule has 100 valence electrons. The summed E-state index contributed by atoms with van der Waals surface area (Å²) in [5, 5.41) is 0. The number of aryl methyl sites for hydroxylation is 2. The minimum Gasteiger partial charge on any atom is -0.370 e. The largest absolute Gasteiger partial charge is 0.370 e. The van der Waals surface area contributed by atoms with Gasteiger partial charge in [0.1, 0.15) is 5.82 Å². The Kier molecular flexibility index (Phi) is 4.25. The number of halogens is 2. The van der Waals surface area contributed by atoms with Crippen LogP contribution < -0.4 is 4.90 Å². The first-order chi connectivity index (χ1) is 8.97. The first kappa shape index (κ1) is 14.1. The molecule has 0 bridgehead atoms. The summed E-state index contributed by atoms with van der Waals surface area (Å²) in [7, 11) is 2.05. The molecule has 2 rings (SSSR count). The van der Waals surface area contributed by atoms with Crippen LogP contribution in [0.3, 0.4) is 0 Å². The Hall–Kier alpha value is -1.35. The molecule has 2 aromatic rings. The molecule has 0 saturated carbocycles. The van der Waals surface area contributed by atoms with Gasteiger partial charge in [-0.05, 0) is 59.1 Å². The van der Waals surface area contributed by atoms with Gasteiger partial charge in [0.15, 0.2) is 0 Å². The molecule has 19 heavy (non-hydrogen) atoms. The Bertz CT molecular complexity index is 595. The van der Waals surface area contributed by atoms with E-state index in [-0.39, 0.29) is 5.82 Å². The maximum absolute atomic E-state index is 13.2. The zero-order chi connectivity index (χ0) is 14.0. The second kappa shape index (κ2) is 5.74. The summed E-state index contributed by atoms with van der Waals surface area (Å²) in [5.41, 5.74) is 4.80. The monoisotopic (exact) mass is 321 g/mol. The van der Waals surface area contributed by atoms with Crippen molar-refractivity contribution in [3.63, 3.8) is 0 Å². The van der Waals surface area contributed by atoms with E-state index >= 15 is 0 Å². The standard InChI is InChI=1S/C16H17BrFN/c1-11-4-7-16(12(2)8-11)19(3)10-13-5-6-15(18)14(17)9-13/h4-9H,10H2,1-3H3. The van der Waals surface area contributed by atoms with E-state index in [4.69, 9.17) is 0 Å². The van der Waals surface area contributed by atoms with Crippen LogP contribution in [0.5, 0.6) is 0 Å². The van der Waals surface area contributed by atoms with E-state index in [1.165, 1.54) is 22.9 Å². The second-order valence-electron chi connectivity index (χ2n) is 4.89. The van der Waals surface area contributed by atoms with Gasteiger partial charge in [-0.2, -0.15) is 0 Å². The first-order valence-electron chi connectivity index (χ1n) is 6.19. The van der Waals surface area contributed by atoms with E-state index in [0.717, 1.165) is 12.1 Å². The van der Waals surface area contributed by atoms with Crippen LogP contribution in [0.4, 0.5) is 10.1 Å². The molecule has 0 atom stereocenters. The molecule has 0 aromatic heterocycles. The average Bonchev–Trinajstić information content (AvgIpc) is 2.33. The molecular formula is C16H17BrFN. The fourth-order valence-electron chi connectivity index (χ4n) is 2.23. The molecule has 0 spiro atoms. The van der Waals surface area contributed by atoms with Crippen LogP contribution in [0.2, 0.25) is 0 Å². The molecule has 0 fully saturated rings. The predicted molar refractivity (Wildman–Crippen MR) is 82.1 cm³/mol. The van der Waals surface area contributed by atoms with Crippen LogP contribution in [0.1, 0.15) is 16.7 Å². The van der Waals surface area contributed by atoms with Crippen molar-refractivity contribution in [3.8, 4) is 0 Å². The molecule has 2 aromatic carbocycles. The zero-order valence-electron chi connectivity index (χ0n) is 11.4. The second-order valence-corrected chi connectivity index (χ2v) is 5.75. The van der Waals surface area contributed by atoms with Gasteiger partial charge in [0.2, 0.25) is 0 Å². The van der Waals surface area contributed by atoms with Crippen LogP contribution in [0.25, 0.3) is 0 Å². The Labute approximate surface area is 122 Å². The maximum Gasteiger partial charge on any atom is 0.137 e. The van der Waals surface area contributed by atoms with Gasteiger partial charge in [0.25, 0.3) is 0 Å². The zero-order valence-corrected chi connectivity index (χ0v) is 13.0. The van der Waals surface area contributed by atoms with Crippen molar-refractivity contribution in [1.82, 2.24) is 0 Å². The number of hydrogen-bond donors (Lipinski definition) is 0. The molecule has 0 radical (unpaired) electrons. The van der Waals surface area contributed by atoms with Crippen molar-refractivity contribution < 1.29 is 4.39 Å². The molecule has 0 heterocycles. The molecule has 0 N–H and O–H groups in total. The van der Waals surface area contributed by atoms with Crippen molar-refractivity contribution in [2.45, 2.75) is 20.4 Å². The molecule has 0 unspecified atom stereocenters. The van der Waals surface area contributed by atoms with Crippen LogP contribution in [0.15, 0.2) is 40.9 Å². The van der Waals surface area contributed by atoms with Crippen LogP contribution in [0, 0.1) is 19.7 Å². The van der Waals surface area contributed by atoms with E-state index in [9.17, 15) is 4.39 Å². The fraction of sp³-hybridized carbons (Fsp3) is 0.250. The Balaban J connectivity index is 2.20. The highest BCUT2D eigenvalue weighted by Crippen LogP contribution is 2.23. The van der Waals surface area contributed by atoms with E-state index in [1.807, 2.05) is 12.1 Å². The van der Waals surface area contributed by atoms with Gasteiger partial charge in [-0.1, -0.05) is 23.8 Å². The van der Waals surface area contributed by atoms with Crippen molar-refractivity contribution in [3.05, 3.63) is 63.4 Å². The van der Waals surface area contributed by atoms with Crippen LogP contribution >= 0.6 is 15.9 Å². The fourth-order valence-corrected chi connectivity index (χ4v) is 2.66. The van der Waals surface area contributed by atoms with Crippen molar-refractivity contribution in [2.24, 2.45) is 0 Å². The normalized spacial score (nSPS) is 10.6. The highest BCUT2D eigenvalue weighted by atomic mass is 79.9. The van der Waals surface area contributed by atoms with Gasteiger partial charge in [-0.25, -0.2) is 4.39 Å². The third-order valence-electron chi connectivity index (χ3n) is 3.17. The molecule has 0 saturated heterocycles. The molecule has 0 amide bonds. The molecule has 0 aliphatic heterocycles. The smallest absolute Gasteiger partial charge is 0.137 e.